The van der Waals surface area contributed by atoms with Crippen LogP contribution in [0.4, 0.5) is 5.69 Å². The summed E-state index contributed by atoms with van der Waals surface area (Å²) in [6.45, 7) is 14.7. The Morgan fingerprint density at radius 3 is 2.41 bits per heavy atom. The largest absolute Gasteiger partial charge is 0.497 e. The molecule has 4 rings (SSSR count). The Bertz CT molecular complexity index is 1160. The summed E-state index contributed by atoms with van der Waals surface area (Å²) < 4.78 is 5.48. The van der Waals surface area contributed by atoms with Crippen LogP contribution in [0.15, 0.2) is 48.5 Å². The number of carbonyl (C=O) groups excluding carboxylic acids is 2. The normalized spacial score (nSPS) is 18.2. The van der Waals surface area contributed by atoms with Gasteiger partial charge in [-0.3, -0.25) is 14.5 Å². The molecule has 2 amide bonds. The van der Waals surface area contributed by atoms with E-state index < -0.39 is 0 Å². The number of benzene rings is 2. The van der Waals surface area contributed by atoms with Crippen LogP contribution in [0.25, 0.3) is 0 Å². The van der Waals surface area contributed by atoms with Crippen molar-refractivity contribution >= 4 is 17.5 Å². The van der Waals surface area contributed by atoms with Gasteiger partial charge in [0.1, 0.15) is 5.75 Å². The number of rotatable bonds is 15. The number of carbonyl (C=O) groups is 2. The maximum Gasteiger partial charge on any atom is 0.241 e. The molecule has 2 aromatic rings. The number of nitrogens with zero attached hydrogens (tertiary/aromatic N) is 3. The number of hydrogen-bond donors (Lipinski definition) is 0. The van der Waals surface area contributed by atoms with E-state index in [-0.39, 0.29) is 25.3 Å². The zero-order valence-electron chi connectivity index (χ0n) is 29.2. The predicted molar refractivity (Wildman–Crippen MR) is 195 cm³/mol. The molecule has 6 nitrogen and oxygen atoms in total. The molecule has 0 bridgehead atoms. The molecule has 2 fully saturated rings. The highest BCUT2D eigenvalue weighted by Crippen LogP contribution is 2.35. The van der Waals surface area contributed by atoms with Crippen molar-refractivity contribution in [3.8, 4) is 5.75 Å². The van der Waals surface area contributed by atoms with Crippen LogP contribution >= 0.6 is 0 Å². The number of piperidine rings is 1. The zero-order valence-corrected chi connectivity index (χ0v) is 29.2. The molecule has 2 unspecified atom stereocenters. The molecule has 2 aromatic carbocycles. The number of hydrogen-bond acceptors (Lipinski definition) is 4. The van der Waals surface area contributed by atoms with E-state index in [2.05, 4.69) is 63.8 Å². The second kappa shape index (κ2) is 21.1. The van der Waals surface area contributed by atoms with Crippen molar-refractivity contribution in [1.29, 1.82) is 0 Å². The second-order valence-corrected chi connectivity index (χ2v) is 13.3. The van der Waals surface area contributed by atoms with Gasteiger partial charge in [0.05, 0.1) is 13.7 Å². The van der Waals surface area contributed by atoms with Gasteiger partial charge in [0.15, 0.2) is 0 Å². The van der Waals surface area contributed by atoms with Gasteiger partial charge in [0.25, 0.3) is 0 Å². The molecule has 0 saturated carbocycles. The van der Waals surface area contributed by atoms with E-state index in [9.17, 15) is 9.59 Å². The number of anilines is 1. The van der Waals surface area contributed by atoms with Gasteiger partial charge in [-0.1, -0.05) is 91.5 Å². The first-order valence-corrected chi connectivity index (χ1v) is 17.8. The Labute approximate surface area is 281 Å². The monoisotopic (exact) mass is 636 g/mol. The van der Waals surface area contributed by atoms with E-state index >= 15 is 0 Å². The molecule has 258 valence electrons. The third-order valence-corrected chi connectivity index (χ3v) is 9.50. The first kappa shape index (κ1) is 39.3. The van der Waals surface area contributed by atoms with Crippen LogP contribution < -0.4 is 9.64 Å². The molecule has 46 heavy (non-hydrogen) atoms. The highest BCUT2D eigenvalue weighted by atomic mass is 16.5. The van der Waals surface area contributed by atoms with E-state index in [0.717, 1.165) is 87.6 Å². The summed E-state index contributed by atoms with van der Waals surface area (Å²) in [5, 5.41) is 0. The molecule has 2 aliphatic heterocycles. The number of methoxy groups -OCH3 is 1. The Hall–Kier alpha value is -2.86. The van der Waals surface area contributed by atoms with Crippen molar-refractivity contribution in [3.05, 3.63) is 59.7 Å². The molecule has 0 aromatic heterocycles. The first-order valence-electron chi connectivity index (χ1n) is 17.8. The smallest absolute Gasteiger partial charge is 0.241 e. The van der Waals surface area contributed by atoms with E-state index in [1.165, 1.54) is 31.2 Å². The molecule has 2 heterocycles. The van der Waals surface area contributed by atoms with E-state index in [4.69, 9.17) is 4.74 Å². The number of ether oxygens (including phenoxy) is 1. The molecule has 2 atom stereocenters. The van der Waals surface area contributed by atoms with Crippen molar-refractivity contribution in [1.82, 2.24) is 9.80 Å². The van der Waals surface area contributed by atoms with Crippen LogP contribution in [-0.4, -0.2) is 67.5 Å². The fraction of sp³-hybridized carbons (Fsp3) is 0.650. The minimum absolute atomic E-state index is 0. The average Bonchev–Trinajstić information content (AvgIpc) is 3.44. The molecule has 0 spiro atoms. The van der Waals surface area contributed by atoms with Crippen LogP contribution in [0.5, 0.6) is 5.75 Å². The van der Waals surface area contributed by atoms with Crippen molar-refractivity contribution < 1.29 is 14.3 Å². The van der Waals surface area contributed by atoms with Gasteiger partial charge in [-0.15, -0.1) is 0 Å². The highest BCUT2D eigenvalue weighted by molar-refractivity contribution is 5.95. The van der Waals surface area contributed by atoms with Crippen LogP contribution in [0.2, 0.25) is 0 Å². The Balaban J connectivity index is 0.000000725. The summed E-state index contributed by atoms with van der Waals surface area (Å²) in [5.41, 5.74) is 3.41. The molecule has 6 heteroatoms. The summed E-state index contributed by atoms with van der Waals surface area (Å²) in [5.74, 6) is 2.61. The van der Waals surface area contributed by atoms with Gasteiger partial charge < -0.3 is 14.5 Å². The van der Waals surface area contributed by atoms with E-state index in [1.807, 2.05) is 34.1 Å². The molecule has 2 aliphatic rings. The van der Waals surface area contributed by atoms with Crippen LogP contribution in [0.3, 0.4) is 0 Å². The fourth-order valence-corrected chi connectivity index (χ4v) is 6.92. The Morgan fingerprint density at radius 1 is 1.02 bits per heavy atom. The van der Waals surface area contributed by atoms with E-state index in [0.29, 0.717) is 18.9 Å². The molecule has 2 saturated heterocycles. The van der Waals surface area contributed by atoms with Crippen LogP contribution in [0.1, 0.15) is 123 Å². The standard InChI is InChI=1S/C31H43N3O3.C8H18.CH4/c1-4-5-17-34(28-12-8-10-24(2)19-28)31(36)23-33-22-26(25-11-9-13-29(21-25)37-3)20-27(33)15-18-32-16-7-6-14-30(32)35;1-4-6-8(3)7-5-2;/h8-13,19,21,26-27H,4-7,14-18,20,22-23H2,1-3H3;8H,4-7H2,1-3H3;1H4. The Morgan fingerprint density at radius 2 is 1.76 bits per heavy atom. The molecule has 0 aliphatic carbocycles. The highest BCUT2D eigenvalue weighted by Gasteiger charge is 2.35. The molecule has 0 radical (unpaired) electrons. The van der Waals surface area contributed by atoms with Crippen molar-refractivity contribution in [2.24, 2.45) is 5.92 Å². The number of unbranched alkanes of at least 4 members (excludes halogenated alkanes) is 1. The maximum atomic E-state index is 13.8. The van der Waals surface area contributed by atoms with Gasteiger partial charge in [-0.2, -0.15) is 0 Å². The topological polar surface area (TPSA) is 53.1 Å². The second-order valence-electron chi connectivity index (χ2n) is 13.3. The quantitative estimate of drug-likeness (QED) is 0.196. The van der Waals surface area contributed by atoms with Crippen LogP contribution in [0, 0.1) is 12.8 Å². The molecular weight excluding hydrogens is 570 g/mol. The van der Waals surface area contributed by atoms with Gasteiger partial charge >= 0.3 is 0 Å². The first-order chi connectivity index (χ1) is 21.8. The SMILES string of the molecule is C.CCCC(C)CCC.CCCCN(C(=O)CN1CC(c2cccc(OC)c2)CC1CCN1CCCCC1=O)c1cccc(C)c1. The lowest BCUT2D eigenvalue weighted by Crippen LogP contribution is -2.44. The number of aryl methyl sites for hydroxylation is 1. The average molecular weight is 636 g/mol. The summed E-state index contributed by atoms with van der Waals surface area (Å²) in [6, 6.07) is 16.8. The summed E-state index contributed by atoms with van der Waals surface area (Å²) in [7, 11) is 1.70. The van der Waals surface area contributed by atoms with Crippen molar-refractivity contribution in [2.75, 3.05) is 44.7 Å². The fourth-order valence-electron chi connectivity index (χ4n) is 6.92. The summed E-state index contributed by atoms with van der Waals surface area (Å²) in [4.78, 5) is 32.6. The van der Waals surface area contributed by atoms with Crippen LogP contribution in [-0.2, 0) is 9.59 Å². The van der Waals surface area contributed by atoms with Gasteiger partial charge in [0.2, 0.25) is 11.8 Å². The predicted octanol–water partition coefficient (Wildman–Crippen LogP) is 9.26. The minimum Gasteiger partial charge on any atom is -0.497 e. The Kier molecular flexibility index (Phi) is 18.0. The number of likely N-dealkylation sites (tertiary alicyclic amines) is 2. The van der Waals surface area contributed by atoms with Crippen molar-refractivity contribution in [2.45, 2.75) is 125 Å². The number of amides is 2. The lowest BCUT2D eigenvalue weighted by Gasteiger charge is -2.31. The van der Waals surface area contributed by atoms with Gasteiger partial charge in [-0.25, -0.2) is 0 Å². The minimum atomic E-state index is 0. The van der Waals surface area contributed by atoms with Gasteiger partial charge in [-0.05, 0) is 86.3 Å². The van der Waals surface area contributed by atoms with E-state index in [1.54, 1.807) is 7.11 Å². The van der Waals surface area contributed by atoms with Crippen molar-refractivity contribution in [3.63, 3.8) is 0 Å². The zero-order chi connectivity index (χ0) is 32.6. The molecule has 0 N–H and O–H groups in total. The third kappa shape index (κ3) is 12.4. The third-order valence-electron chi connectivity index (χ3n) is 9.50. The lowest BCUT2D eigenvalue weighted by molar-refractivity contribution is -0.133. The lowest BCUT2D eigenvalue weighted by atomic mass is 9.95. The molecular formula is C40H65N3O3. The summed E-state index contributed by atoms with van der Waals surface area (Å²) >= 11 is 0. The summed E-state index contributed by atoms with van der Waals surface area (Å²) in [6.07, 6.45) is 12.2. The maximum absolute atomic E-state index is 13.8. The van der Waals surface area contributed by atoms with Gasteiger partial charge in [0, 0.05) is 44.3 Å².